The molecule has 0 aliphatic heterocycles. The maximum atomic E-state index is 11.3. The van der Waals surface area contributed by atoms with Gasteiger partial charge in [-0.15, -0.1) is 0 Å². The SMILES string of the molecule is N#CC(C(=O)Cl)c1cc(Br)nn1-c1ncccc1Cl. The number of aromatic nitrogens is 3. The smallest absolute Gasteiger partial charge is 0.244 e. The summed E-state index contributed by atoms with van der Waals surface area (Å²) in [6.07, 6.45) is 1.53. The summed E-state index contributed by atoms with van der Waals surface area (Å²) in [7, 11) is 0. The van der Waals surface area contributed by atoms with Crippen molar-refractivity contribution in [3.05, 3.63) is 39.7 Å². The molecule has 1 atom stereocenters. The van der Waals surface area contributed by atoms with Crippen molar-refractivity contribution >= 4 is 44.4 Å². The molecule has 2 aromatic rings. The molecule has 2 heterocycles. The van der Waals surface area contributed by atoms with Crippen LogP contribution in [-0.2, 0) is 4.79 Å². The number of nitrogens with zero attached hydrogens (tertiary/aromatic N) is 4. The molecule has 0 spiro atoms. The van der Waals surface area contributed by atoms with Gasteiger partial charge in [-0.3, -0.25) is 4.79 Å². The predicted octanol–water partition coefficient (Wildman–Crippen LogP) is 3.06. The van der Waals surface area contributed by atoms with E-state index >= 15 is 0 Å². The Bertz CT molecular complexity index is 680. The zero-order valence-electron chi connectivity index (χ0n) is 9.22. The minimum atomic E-state index is -1.14. The maximum absolute atomic E-state index is 11.3. The van der Waals surface area contributed by atoms with Gasteiger partial charge in [0.1, 0.15) is 4.60 Å². The minimum Gasteiger partial charge on any atom is -0.279 e. The van der Waals surface area contributed by atoms with Crippen LogP contribution in [0.1, 0.15) is 11.6 Å². The van der Waals surface area contributed by atoms with Gasteiger partial charge in [-0.2, -0.15) is 10.4 Å². The van der Waals surface area contributed by atoms with Crippen molar-refractivity contribution in [2.75, 3.05) is 0 Å². The highest BCUT2D eigenvalue weighted by molar-refractivity contribution is 9.10. The lowest BCUT2D eigenvalue weighted by atomic mass is 10.1. The molecule has 5 nitrogen and oxygen atoms in total. The summed E-state index contributed by atoms with van der Waals surface area (Å²) in [5.41, 5.74) is 0.301. The Morgan fingerprint density at radius 2 is 2.32 bits per heavy atom. The molecular formula is C11H5BrCl2N4O. The Kier molecular flexibility index (Phi) is 4.20. The van der Waals surface area contributed by atoms with Crippen LogP contribution in [0.25, 0.3) is 5.82 Å². The number of halogens is 3. The molecule has 0 bridgehead atoms. The molecule has 2 aromatic heterocycles. The van der Waals surface area contributed by atoms with Crippen molar-refractivity contribution in [1.29, 1.82) is 5.26 Å². The molecule has 0 aliphatic carbocycles. The van der Waals surface area contributed by atoms with E-state index in [1.165, 1.54) is 16.9 Å². The zero-order valence-corrected chi connectivity index (χ0v) is 12.3. The molecule has 1 unspecified atom stereocenters. The first-order valence-corrected chi connectivity index (χ1v) is 6.54. The highest BCUT2D eigenvalue weighted by Crippen LogP contribution is 2.26. The van der Waals surface area contributed by atoms with Crippen LogP contribution in [0, 0.1) is 11.3 Å². The number of rotatable bonds is 3. The predicted molar refractivity (Wildman–Crippen MR) is 73.3 cm³/mol. The number of nitriles is 1. The Morgan fingerprint density at radius 1 is 1.58 bits per heavy atom. The van der Waals surface area contributed by atoms with Gasteiger partial charge >= 0.3 is 0 Å². The molecule has 8 heteroatoms. The maximum Gasteiger partial charge on any atom is 0.244 e. The van der Waals surface area contributed by atoms with Gasteiger partial charge in [0.25, 0.3) is 0 Å². The molecule has 0 aliphatic rings. The number of carbonyl (C=O) groups excluding carboxylic acids is 1. The van der Waals surface area contributed by atoms with E-state index in [0.717, 1.165) is 0 Å². The van der Waals surface area contributed by atoms with Gasteiger partial charge in [0, 0.05) is 6.20 Å². The average Bonchev–Trinajstić information content (AvgIpc) is 2.72. The molecule has 0 aromatic carbocycles. The van der Waals surface area contributed by atoms with E-state index in [1.807, 2.05) is 6.07 Å². The third kappa shape index (κ3) is 2.78. The van der Waals surface area contributed by atoms with E-state index in [4.69, 9.17) is 28.5 Å². The Balaban J connectivity index is 2.63. The molecule has 96 valence electrons. The third-order valence-corrected chi connectivity index (χ3v) is 3.20. The lowest BCUT2D eigenvalue weighted by Gasteiger charge is -2.09. The molecule has 2 rings (SSSR count). The number of hydrogen-bond acceptors (Lipinski definition) is 4. The van der Waals surface area contributed by atoms with Crippen LogP contribution in [0.3, 0.4) is 0 Å². The van der Waals surface area contributed by atoms with Crippen LogP contribution in [0.15, 0.2) is 29.0 Å². The van der Waals surface area contributed by atoms with Crippen molar-refractivity contribution in [1.82, 2.24) is 14.8 Å². The molecular weight excluding hydrogens is 355 g/mol. The van der Waals surface area contributed by atoms with Crippen molar-refractivity contribution in [3.8, 4) is 11.9 Å². The fraction of sp³-hybridized carbons (Fsp3) is 0.0909. The average molecular weight is 360 g/mol. The zero-order chi connectivity index (χ0) is 14.0. The standard InChI is InChI=1S/C11H5BrCl2N4O/c12-9-4-8(6(5-15)10(14)19)18(17-9)11-7(13)2-1-3-16-11/h1-4,6H. The second-order valence-electron chi connectivity index (χ2n) is 3.48. The fourth-order valence-corrected chi connectivity index (χ4v) is 2.26. The molecule has 0 N–H and O–H groups in total. The van der Waals surface area contributed by atoms with Gasteiger partial charge < -0.3 is 0 Å². The third-order valence-electron chi connectivity index (χ3n) is 2.30. The lowest BCUT2D eigenvalue weighted by Crippen LogP contribution is -2.12. The van der Waals surface area contributed by atoms with Crippen LogP contribution in [0.5, 0.6) is 0 Å². The minimum absolute atomic E-state index is 0.301. The number of hydrogen-bond donors (Lipinski definition) is 0. The highest BCUT2D eigenvalue weighted by Gasteiger charge is 2.25. The first-order valence-electron chi connectivity index (χ1n) is 5.00. The van der Waals surface area contributed by atoms with Gasteiger partial charge in [-0.1, -0.05) is 11.6 Å². The summed E-state index contributed by atoms with van der Waals surface area (Å²) >= 11 is 14.6. The quantitative estimate of drug-likeness (QED) is 0.789. The van der Waals surface area contributed by atoms with Gasteiger partial charge in [0.2, 0.25) is 5.24 Å². The van der Waals surface area contributed by atoms with Gasteiger partial charge in [0.05, 0.1) is 16.8 Å². The normalized spacial score (nSPS) is 11.9. The van der Waals surface area contributed by atoms with Crippen LogP contribution in [0.2, 0.25) is 5.02 Å². The largest absolute Gasteiger partial charge is 0.279 e. The Hall–Kier alpha value is -1.42. The molecule has 19 heavy (non-hydrogen) atoms. The molecule has 0 fully saturated rings. The van der Waals surface area contributed by atoms with Crippen molar-refractivity contribution in [3.63, 3.8) is 0 Å². The summed E-state index contributed by atoms with van der Waals surface area (Å²) in [5, 5.41) is 12.7. The van der Waals surface area contributed by atoms with Crippen LogP contribution in [0.4, 0.5) is 0 Å². The first-order chi connectivity index (χ1) is 9.04. The van der Waals surface area contributed by atoms with Crippen molar-refractivity contribution < 1.29 is 4.79 Å². The van der Waals surface area contributed by atoms with E-state index in [2.05, 4.69) is 26.0 Å². The fourth-order valence-electron chi connectivity index (χ4n) is 1.51. The Morgan fingerprint density at radius 3 is 2.89 bits per heavy atom. The topological polar surface area (TPSA) is 71.6 Å². The number of pyridine rings is 1. The van der Waals surface area contributed by atoms with E-state index in [0.29, 0.717) is 21.1 Å². The lowest BCUT2D eigenvalue weighted by molar-refractivity contribution is -0.112. The van der Waals surface area contributed by atoms with Gasteiger partial charge in [-0.25, -0.2) is 9.67 Å². The monoisotopic (exact) mass is 358 g/mol. The summed E-state index contributed by atoms with van der Waals surface area (Å²) < 4.78 is 1.77. The highest BCUT2D eigenvalue weighted by atomic mass is 79.9. The van der Waals surface area contributed by atoms with Gasteiger partial charge in [0.15, 0.2) is 11.7 Å². The first kappa shape index (κ1) is 14.0. The summed E-state index contributed by atoms with van der Waals surface area (Å²) in [6.45, 7) is 0. The van der Waals surface area contributed by atoms with Crippen molar-refractivity contribution in [2.45, 2.75) is 5.92 Å². The second-order valence-corrected chi connectivity index (χ2v) is 5.07. The van der Waals surface area contributed by atoms with E-state index in [-0.39, 0.29) is 0 Å². The molecule has 0 saturated heterocycles. The van der Waals surface area contributed by atoms with E-state index in [1.54, 1.807) is 12.1 Å². The van der Waals surface area contributed by atoms with Crippen LogP contribution in [-0.4, -0.2) is 20.0 Å². The summed E-state index contributed by atoms with van der Waals surface area (Å²) in [4.78, 5) is 15.4. The summed E-state index contributed by atoms with van der Waals surface area (Å²) in [6, 6.07) is 6.65. The Labute approximate surface area is 126 Å². The van der Waals surface area contributed by atoms with Crippen LogP contribution >= 0.6 is 39.1 Å². The number of carbonyl (C=O) groups is 1. The van der Waals surface area contributed by atoms with E-state index in [9.17, 15) is 4.79 Å². The van der Waals surface area contributed by atoms with Gasteiger partial charge in [-0.05, 0) is 45.7 Å². The molecule has 0 saturated carbocycles. The summed E-state index contributed by atoms with van der Waals surface area (Å²) in [5.74, 6) is -0.818. The molecule has 0 radical (unpaired) electrons. The van der Waals surface area contributed by atoms with E-state index < -0.39 is 11.2 Å². The van der Waals surface area contributed by atoms with Crippen molar-refractivity contribution in [2.24, 2.45) is 0 Å². The second kappa shape index (κ2) is 5.70. The molecule has 0 amide bonds. The van der Waals surface area contributed by atoms with Crippen LogP contribution < -0.4 is 0 Å².